The highest BCUT2D eigenvalue weighted by molar-refractivity contribution is 6.43. The molecule has 0 unspecified atom stereocenters. The Bertz CT molecular complexity index is 365. The van der Waals surface area contributed by atoms with E-state index in [0.29, 0.717) is 16.6 Å². The van der Waals surface area contributed by atoms with E-state index in [9.17, 15) is 0 Å². The SMILES string of the molecule is COC(CN=Cc1cccc(Cl)c1Cl)OC. The molecule has 0 aromatic heterocycles. The minimum atomic E-state index is -0.339. The van der Waals surface area contributed by atoms with Crippen LogP contribution in [0.15, 0.2) is 23.2 Å². The molecule has 0 spiro atoms. The Morgan fingerprint density at radius 2 is 2.00 bits per heavy atom. The van der Waals surface area contributed by atoms with Crippen LogP contribution in [0.2, 0.25) is 10.0 Å². The van der Waals surface area contributed by atoms with Crippen LogP contribution < -0.4 is 0 Å². The molecule has 16 heavy (non-hydrogen) atoms. The van der Waals surface area contributed by atoms with Crippen molar-refractivity contribution in [3.8, 4) is 0 Å². The molecule has 1 aromatic carbocycles. The summed E-state index contributed by atoms with van der Waals surface area (Å²) in [4.78, 5) is 4.17. The van der Waals surface area contributed by atoms with E-state index >= 15 is 0 Å². The zero-order valence-corrected chi connectivity index (χ0v) is 10.6. The molecule has 0 N–H and O–H groups in total. The van der Waals surface area contributed by atoms with Gasteiger partial charge in [-0.15, -0.1) is 0 Å². The fourth-order valence-electron chi connectivity index (χ4n) is 1.10. The lowest BCUT2D eigenvalue weighted by atomic mass is 10.2. The molecule has 0 fully saturated rings. The number of methoxy groups -OCH3 is 2. The van der Waals surface area contributed by atoms with Gasteiger partial charge in [0.25, 0.3) is 0 Å². The van der Waals surface area contributed by atoms with E-state index in [4.69, 9.17) is 32.7 Å². The molecular formula is C11H13Cl2NO2. The quantitative estimate of drug-likeness (QED) is 0.603. The summed E-state index contributed by atoms with van der Waals surface area (Å²) in [6.07, 6.45) is 1.31. The molecule has 88 valence electrons. The Morgan fingerprint density at radius 3 is 2.62 bits per heavy atom. The molecule has 5 heteroatoms. The molecular weight excluding hydrogens is 249 g/mol. The zero-order valence-electron chi connectivity index (χ0n) is 9.11. The van der Waals surface area contributed by atoms with Gasteiger partial charge in [0, 0.05) is 26.0 Å². The number of nitrogens with zero attached hydrogens (tertiary/aromatic N) is 1. The van der Waals surface area contributed by atoms with Crippen molar-refractivity contribution in [1.82, 2.24) is 0 Å². The van der Waals surface area contributed by atoms with Crippen molar-refractivity contribution < 1.29 is 9.47 Å². The highest BCUT2D eigenvalue weighted by atomic mass is 35.5. The molecule has 0 aliphatic carbocycles. The maximum Gasteiger partial charge on any atom is 0.176 e. The monoisotopic (exact) mass is 261 g/mol. The fraction of sp³-hybridized carbons (Fsp3) is 0.364. The van der Waals surface area contributed by atoms with Crippen LogP contribution in [-0.4, -0.2) is 33.3 Å². The van der Waals surface area contributed by atoms with E-state index in [1.54, 1.807) is 26.5 Å². The predicted octanol–water partition coefficient (Wildman–Crippen LogP) is 3.03. The Kier molecular flexibility index (Phi) is 5.77. The highest BCUT2D eigenvalue weighted by Crippen LogP contribution is 2.24. The molecule has 0 atom stereocenters. The Balaban J connectivity index is 2.66. The average Bonchev–Trinajstić information content (AvgIpc) is 2.30. The molecule has 0 heterocycles. The number of hydrogen-bond donors (Lipinski definition) is 0. The standard InChI is InChI=1S/C11H13Cl2NO2/c1-15-10(16-2)7-14-6-8-4-3-5-9(12)11(8)13/h3-6,10H,7H2,1-2H3. The van der Waals surface area contributed by atoms with Gasteiger partial charge in [0.1, 0.15) is 0 Å². The van der Waals surface area contributed by atoms with E-state index in [-0.39, 0.29) is 6.29 Å². The van der Waals surface area contributed by atoms with E-state index in [1.165, 1.54) is 0 Å². The number of ether oxygens (including phenoxy) is 2. The Labute approximate surface area is 105 Å². The Hall–Kier alpha value is -0.610. The van der Waals surface area contributed by atoms with Crippen molar-refractivity contribution in [2.75, 3.05) is 20.8 Å². The molecule has 1 rings (SSSR count). The summed E-state index contributed by atoms with van der Waals surface area (Å²) in [5.41, 5.74) is 0.778. The van der Waals surface area contributed by atoms with Crippen molar-refractivity contribution in [1.29, 1.82) is 0 Å². The van der Waals surface area contributed by atoms with E-state index in [2.05, 4.69) is 4.99 Å². The van der Waals surface area contributed by atoms with Gasteiger partial charge in [-0.3, -0.25) is 4.99 Å². The largest absolute Gasteiger partial charge is 0.354 e. The van der Waals surface area contributed by atoms with Crippen LogP contribution in [-0.2, 0) is 9.47 Å². The van der Waals surface area contributed by atoms with Gasteiger partial charge in [-0.1, -0.05) is 35.3 Å². The minimum absolute atomic E-state index is 0.339. The lowest BCUT2D eigenvalue weighted by Gasteiger charge is -2.09. The van der Waals surface area contributed by atoms with Gasteiger partial charge in [-0.2, -0.15) is 0 Å². The first-order valence-corrected chi connectivity index (χ1v) is 5.44. The van der Waals surface area contributed by atoms with Gasteiger partial charge in [-0.25, -0.2) is 0 Å². The van der Waals surface area contributed by atoms with Gasteiger partial charge in [0.05, 0.1) is 16.6 Å². The molecule has 3 nitrogen and oxygen atoms in total. The third-order valence-electron chi connectivity index (χ3n) is 1.99. The van der Waals surface area contributed by atoms with Crippen LogP contribution in [0, 0.1) is 0 Å². The summed E-state index contributed by atoms with van der Waals surface area (Å²) in [5.74, 6) is 0. The molecule has 0 amide bonds. The lowest BCUT2D eigenvalue weighted by Crippen LogP contribution is -2.16. The second kappa shape index (κ2) is 6.86. The smallest absolute Gasteiger partial charge is 0.176 e. The number of rotatable bonds is 5. The second-order valence-corrected chi connectivity index (χ2v) is 3.82. The topological polar surface area (TPSA) is 30.8 Å². The normalized spacial score (nSPS) is 11.6. The van der Waals surface area contributed by atoms with Gasteiger partial charge in [0.15, 0.2) is 6.29 Å². The first kappa shape index (κ1) is 13.5. The maximum atomic E-state index is 5.99. The van der Waals surface area contributed by atoms with Crippen LogP contribution in [0.4, 0.5) is 0 Å². The van der Waals surface area contributed by atoms with Crippen molar-refractivity contribution in [2.24, 2.45) is 4.99 Å². The van der Waals surface area contributed by atoms with Gasteiger partial charge < -0.3 is 9.47 Å². The summed E-state index contributed by atoms with van der Waals surface area (Å²) in [7, 11) is 3.13. The van der Waals surface area contributed by atoms with Crippen LogP contribution in [0.3, 0.4) is 0 Å². The molecule has 0 saturated carbocycles. The highest BCUT2D eigenvalue weighted by Gasteiger charge is 2.03. The molecule has 0 bridgehead atoms. The number of aliphatic imine (C=N–C) groups is 1. The predicted molar refractivity (Wildman–Crippen MR) is 66.7 cm³/mol. The number of hydrogen-bond acceptors (Lipinski definition) is 3. The number of halogens is 2. The van der Waals surface area contributed by atoms with E-state index in [1.807, 2.05) is 12.1 Å². The first-order valence-electron chi connectivity index (χ1n) is 4.68. The lowest BCUT2D eigenvalue weighted by molar-refractivity contribution is -0.0936. The van der Waals surface area contributed by atoms with Gasteiger partial charge in [0.2, 0.25) is 0 Å². The molecule has 0 saturated heterocycles. The van der Waals surface area contributed by atoms with Crippen LogP contribution in [0.1, 0.15) is 5.56 Å². The van der Waals surface area contributed by atoms with Gasteiger partial charge in [-0.05, 0) is 6.07 Å². The molecule has 0 aliphatic heterocycles. The molecule has 1 aromatic rings. The molecule has 0 radical (unpaired) electrons. The summed E-state index contributed by atoms with van der Waals surface area (Å²) in [6, 6.07) is 5.39. The summed E-state index contributed by atoms with van der Waals surface area (Å²) < 4.78 is 9.99. The summed E-state index contributed by atoms with van der Waals surface area (Å²) in [5, 5.41) is 1.01. The zero-order chi connectivity index (χ0) is 12.0. The minimum Gasteiger partial charge on any atom is -0.354 e. The van der Waals surface area contributed by atoms with Crippen molar-refractivity contribution >= 4 is 29.4 Å². The third kappa shape index (κ3) is 3.76. The summed E-state index contributed by atoms with van der Waals surface area (Å²) >= 11 is 11.9. The van der Waals surface area contributed by atoms with E-state index in [0.717, 1.165) is 5.56 Å². The van der Waals surface area contributed by atoms with Crippen molar-refractivity contribution in [3.05, 3.63) is 33.8 Å². The Morgan fingerprint density at radius 1 is 1.31 bits per heavy atom. The maximum absolute atomic E-state index is 5.99. The van der Waals surface area contributed by atoms with Crippen LogP contribution in [0.25, 0.3) is 0 Å². The van der Waals surface area contributed by atoms with E-state index < -0.39 is 0 Å². The first-order chi connectivity index (χ1) is 7.69. The third-order valence-corrected chi connectivity index (χ3v) is 2.83. The molecule has 0 aliphatic rings. The van der Waals surface area contributed by atoms with Crippen molar-refractivity contribution in [2.45, 2.75) is 6.29 Å². The van der Waals surface area contributed by atoms with Crippen molar-refractivity contribution in [3.63, 3.8) is 0 Å². The average molecular weight is 262 g/mol. The van der Waals surface area contributed by atoms with Crippen LogP contribution >= 0.6 is 23.2 Å². The number of benzene rings is 1. The van der Waals surface area contributed by atoms with Crippen LogP contribution in [0.5, 0.6) is 0 Å². The second-order valence-electron chi connectivity index (χ2n) is 3.04. The van der Waals surface area contributed by atoms with Gasteiger partial charge >= 0.3 is 0 Å². The summed E-state index contributed by atoms with van der Waals surface area (Å²) in [6.45, 7) is 0.413. The fourth-order valence-corrected chi connectivity index (χ4v) is 1.46.